The first-order chi connectivity index (χ1) is 14.4. The minimum absolute atomic E-state index is 0.200. The number of amides is 2. The van der Waals surface area contributed by atoms with E-state index >= 15 is 0 Å². The van der Waals surface area contributed by atoms with Crippen molar-refractivity contribution in [3.05, 3.63) is 71.4 Å². The number of para-hydroxylation sites is 1. The molecule has 156 valence electrons. The Kier molecular flexibility index (Phi) is 6.67. The van der Waals surface area contributed by atoms with Gasteiger partial charge in [-0.2, -0.15) is 5.10 Å². The van der Waals surface area contributed by atoms with Crippen LogP contribution in [0.15, 0.2) is 54.7 Å². The van der Waals surface area contributed by atoms with Crippen LogP contribution in [-0.4, -0.2) is 34.2 Å². The molecule has 0 spiro atoms. The molecule has 1 aromatic heterocycles. The smallest absolute Gasteiger partial charge is 0.255 e. The normalized spacial score (nSPS) is 11.7. The Bertz CT molecular complexity index is 1040. The average Bonchev–Trinajstić information content (AvgIpc) is 3.18. The van der Waals surface area contributed by atoms with Gasteiger partial charge in [-0.3, -0.25) is 9.59 Å². The maximum Gasteiger partial charge on any atom is 0.255 e. The van der Waals surface area contributed by atoms with Crippen molar-refractivity contribution < 1.29 is 9.59 Å². The molecule has 0 aliphatic rings. The summed E-state index contributed by atoms with van der Waals surface area (Å²) in [7, 11) is 0. The monoisotopic (exact) mass is 404 g/mol. The Morgan fingerprint density at radius 1 is 1.10 bits per heavy atom. The van der Waals surface area contributed by atoms with Crippen LogP contribution in [-0.2, 0) is 4.79 Å². The summed E-state index contributed by atoms with van der Waals surface area (Å²) in [5, 5.41) is 10.3. The molecule has 0 aliphatic heterocycles. The maximum absolute atomic E-state index is 13.1. The summed E-state index contributed by atoms with van der Waals surface area (Å²) in [5.74, 6) is -0.528. The number of aryl methyl sites for hydroxylation is 2. The first-order valence-corrected chi connectivity index (χ1v) is 10.2. The van der Waals surface area contributed by atoms with Gasteiger partial charge in [0.2, 0.25) is 5.91 Å². The largest absolute Gasteiger partial charge is 0.354 e. The lowest BCUT2D eigenvalue weighted by atomic mass is 10.0. The fraction of sp³-hybridized carbons (Fsp3) is 0.292. The molecule has 1 unspecified atom stereocenters. The predicted molar refractivity (Wildman–Crippen MR) is 119 cm³/mol. The van der Waals surface area contributed by atoms with E-state index in [0.717, 1.165) is 28.8 Å². The van der Waals surface area contributed by atoms with E-state index in [9.17, 15) is 9.59 Å². The third-order valence-corrected chi connectivity index (χ3v) is 4.91. The summed E-state index contributed by atoms with van der Waals surface area (Å²) in [4.78, 5) is 25.3. The molecule has 3 aromatic rings. The first-order valence-electron chi connectivity index (χ1n) is 10.2. The minimum atomic E-state index is -0.643. The average molecular weight is 405 g/mol. The third-order valence-electron chi connectivity index (χ3n) is 4.91. The second-order valence-corrected chi connectivity index (χ2v) is 7.48. The minimum Gasteiger partial charge on any atom is -0.354 e. The molecule has 2 amide bonds. The van der Waals surface area contributed by atoms with Crippen LogP contribution in [0.4, 0.5) is 0 Å². The van der Waals surface area contributed by atoms with Gasteiger partial charge >= 0.3 is 0 Å². The Balaban J connectivity index is 1.98. The van der Waals surface area contributed by atoms with Gasteiger partial charge in [-0.15, -0.1) is 0 Å². The van der Waals surface area contributed by atoms with Gasteiger partial charge in [-0.05, 0) is 44.9 Å². The summed E-state index contributed by atoms with van der Waals surface area (Å²) in [6.45, 7) is 8.29. The van der Waals surface area contributed by atoms with E-state index in [-0.39, 0.29) is 11.8 Å². The highest BCUT2D eigenvalue weighted by Gasteiger charge is 2.23. The number of carbonyl (C=O) groups excluding carboxylic acids is 2. The summed E-state index contributed by atoms with van der Waals surface area (Å²) in [5.41, 5.74) is 4.96. The van der Waals surface area contributed by atoms with E-state index in [2.05, 4.69) is 16.7 Å². The van der Waals surface area contributed by atoms with Crippen LogP contribution >= 0.6 is 0 Å². The van der Waals surface area contributed by atoms with E-state index in [1.165, 1.54) is 0 Å². The molecule has 30 heavy (non-hydrogen) atoms. The van der Waals surface area contributed by atoms with Crippen LogP contribution in [0, 0.1) is 13.8 Å². The standard InChI is InChI=1S/C24H28N4O2/c1-5-13-25-23(29)18(4)26-24(30)21-15-28(19-9-7-6-8-10-19)27-22(21)20-12-11-16(2)14-17(20)3/h6-12,14-15,18H,5,13H2,1-4H3,(H,25,29)(H,26,30). The molecule has 2 N–H and O–H groups in total. The van der Waals surface area contributed by atoms with Crippen molar-refractivity contribution in [2.24, 2.45) is 0 Å². The molecular formula is C24H28N4O2. The molecule has 0 fully saturated rings. The van der Waals surface area contributed by atoms with Gasteiger partial charge in [0, 0.05) is 18.3 Å². The molecular weight excluding hydrogens is 376 g/mol. The molecule has 0 bridgehead atoms. The fourth-order valence-corrected chi connectivity index (χ4v) is 3.27. The first kappa shape index (κ1) is 21.3. The molecule has 6 heteroatoms. The molecule has 0 saturated heterocycles. The Labute approximate surface area is 177 Å². The second kappa shape index (κ2) is 9.39. The van der Waals surface area contributed by atoms with Gasteiger partial charge in [0.05, 0.1) is 11.3 Å². The van der Waals surface area contributed by atoms with Crippen molar-refractivity contribution in [2.45, 2.75) is 40.2 Å². The zero-order valence-electron chi connectivity index (χ0n) is 17.9. The number of hydrogen-bond acceptors (Lipinski definition) is 3. The number of rotatable bonds is 7. The van der Waals surface area contributed by atoms with Gasteiger partial charge in [-0.1, -0.05) is 48.9 Å². The molecule has 1 heterocycles. The molecule has 1 atom stereocenters. The van der Waals surface area contributed by atoms with Crippen molar-refractivity contribution in [2.75, 3.05) is 6.54 Å². The van der Waals surface area contributed by atoms with Crippen molar-refractivity contribution in [1.29, 1.82) is 0 Å². The van der Waals surface area contributed by atoms with E-state index in [4.69, 9.17) is 5.10 Å². The van der Waals surface area contributed by atoms with Crippen molar-refractivity contribution in [3.63, 3.8) is 0 Å². The second-order valence-electron chi connectivity index (χ2n) is 7.48. The lowest BCUT2D eigenvalue weighted by Crippen LogP contribution is -2.45. The van der Waals surface area contributed by atoms with Crippen molar-refractivity contribution >= 4 is 11.8 Å². The van der Waals surface area contributed by atoms with Gasteiger partial charge in [0.15, 0.2) is 0 Å². The molecule has 2 aromatic carbocycles. The van der Waals surface area contributed by atoms with Crippen LogP contribution in [0.25, 0.3) is 16.9 Å². The van der Waals surface area contributed by atoms with Crippen LogP contribution in [0.5, 0.6) is 0 Å². The number of aromatic nitrogens is 2. The van der Waals surface area contributed by atoms with Crippen LogP contribution in [0.3, 0.4) is 0 Å². The summed E-state index contributed by atoms with van der Waals surface area (Å²) >= 11 is 0. The Morgan fingerprint density at radius 3 is 2.50 bits per heavy atom. The highest BCUT2D eigenvalue weighted by Crippen LogP contribution is 2.27. The topological polar surface area (TPSA) is 76.0 Å². The third kappa shape index (κ3) is 4.76. The number of carbonyl (C=O) groups is 2. The highest BCUT2D eigenvalue weighted by molar-refractivity contribution is 6.02. The summed E-state index contributed by atoms with van der Waals surface area (Å²) in [6, 6.07) is 15.1. The zero-order valence-corrected chi connectivity index (χ0v) is 17.9. The fourth-order valence-electron chi connectivity index (χ4n) is 3.27. The molecule has 0 aliphatic carbocycles. The maximum atomic E-state index is 13.1. The summed E-state index contributed by atoms with van der Waals surface area (Å²) in [6.07, 6.45) is 2.56. The van der Waals surface area contributed by atoms with E-state index < -0.39 is 6.04 Å². The number of nitrogens with zero attached hydrogens (tertiary/aromatic N) is 2. The molecule has 0 radical (unpaired) electrons. The van der Waals surface area contributed by atoms with E-state index in [0.29, 0.717) is 17.8 Å². The van der Waals surface area contributed by atoms with Crippen molar-refractivity contribution in [1.82, 2.24) is 20.4 Å². The van der Waals surface area contributed by atoms with Gasteiger partial charge in [0.1, 0.15) is 11.7 Å². The van der Waals surface area contributed by atoms with Gasteiger partial charge < -0.3 is 10.6 Å². The highest BCUT2D eigenvalue weighted by atomic mass is 16.2. The number of hydrogen-bond donors (Lipinski definition) is 2. The van der Waals surface area contributed by atoms with Crippen LogP contribution in [0.1, 0.15) is 41.8 Å². The Morgan fingerprint density at radius 2 is 1.83 bits per heavy atom. The number of nitrogens with one attached hydrogen (secondary N) is 2. The van der Waals surface area contributed by atoms with Crippen LogP contribution in [0.2, 0.25) is 0 Å². The van der Waals surface area contributed by atoms with Crippen molar-refractivity contribution in [3.8, 4) is 16.9 Å². The zero-order chi connectivity index (χ0) is 21.7. The molecule has 0 saturated carbocycles. The van der Waals surface area contributed by atoms with Crippen LogP contribution < -0.4 is 10.6 Å². The lowest BCUT2D eigenvalue weighted by Gasteiger charge is -2.14. The molecule has 3 rings (SSSR count). The van der Waals surface area contributed by atoms with E-state index in [1.807, 2.05) is 63.2 Å². The number of benzene rings is 2. The summed E-state index contributed by atoms with van der Waals surface area (Å²) < 4.78 is 1.70. The SMILES string of the molecule is CCCNC(=O)C(C)NC(=O)c1cn(-c2ccccc2)nc1-c1ccc(C)cc1C. The predicted octanol–water partition coefficient (Wildman–Crippen LogP) is 3.80. The lowest BCUT2D eigenvalue weighted by molar-refractivity contribution is -0.122. The quantitative estimate of drug-likeness (QED) is 0.629. The van der Waals surface area contributed by atoms with Gasteiger partial charge in [0.25, 0.3) is 5.91 Å². The van der Waals surface area contributed by atoms with Gasteiger partial charge in [-0.25, -0.2) is 4.68 Å². The molecule has 6 nitrogen and oxygen atoms in total. The Hall–Kier alpha value is -3.41. The van der Waals surface area contributed by atoms with E-state index in [1.54, 1.807) is 17.8 Å².